The number of ether oxygens (including phenoxy) is 1. The molecule has 0 N–H and O–H groups in total. The Kier molecular flexibility index (Phi) is 2.05. The van der Waals surface area contributed by atoms with Gasteiger partial charge < -0.3 is 4.74 Å². The van der Waals surface area contributed by atoms with Gasteiger partial charge in [-0.2, -0.15) is 0 Å². The summed E-state index contributed by atoms with van der Waals surface area (Å²) in [5.41, 5.74) is 1.67. The zero-order chi connectivity index (χ0) is 9.26. The molecule has 0 unspecified atom stereocenters. The molecule has 0 aliphatic heterocycles. The van der Waals surface area contributed by atoms with Gasteiger partial charge in [0, 0.05) is 0 Å². The van der Waals surface area contributed by atoms with Crippen molar-refractivity contribution in [1.82, 2.24) is 0 Å². The molecular formula is C11H12O2. The number of hydrogen-bond donors (Lipinski definition) is 0. The summed E-state index contributed by atoms with van der Waals surface area (Å²) < 4.78 is 5.19. The fourth-order valence-electron chi connectivity index (χ4n) is 1.20. The van der Waals surface area contributed by atoms with Crippen molar-refractivity contribution in [2.45, 2.75) is 25.9 Å². The summed E-state index contributed by atoms with van der Waals surface area (Å²) >= 11 is 0. The lowest BCUT2D eigenvalue weighted by Crippen LogP contribution is -2.07. The van der Waals surface area contributed by atoms with Crippen LogP contribution in [0.25, 0.3) is 0 Å². The molecule has 0 saturated heterocycles. The predicted molar refractivity (Wildman–Crippen MR) is 49.6 cm³/mol. The van der Waals surface area contributed by atoms with Gasteiger partial charge in [-0.1, -0.05) is 18.2 Å². The number of benzene rings is 1. The minimum Gasteiger partial charge on any atom is -0.459 e. The molecule has 0 aromatic heterocycles. The van der Waals surface area contributed by atoms with Gasteiger partial charge in [0.15, 0.2) is 0 Å². The van der Waals surface area contributed by atoms with Gasteiger partial charge in [0.25, 0.3) is 0 Å². The Morgan fingerprint density at radius 1 is 1.38 bits per heavy atom. The minimum absolute atomic E-state index is 0.180. The molecule has 0 bridgehead atoms. The molecule has 2 rings (SSSR count). The van der Waals surface area contributed by atoms with Crippen LogP contribution in [0.5, 0.6) is 0 Å². The van der Waals surface area contributed by atoms with E-state index in [9.17, 15) is 4.79 Å². The first-order chi connectivity index (χ1) is 6.27. The third-order valence-electron chi connectivity index (χ3n) is 2.16. The molecule has 1 fully saturated rings. The van der Waals surface area contributed by atoms with Crippen molar-refractivity contribution >= 4 is 5.97 Å². The van der Waals surface area contributed by atoms with Gasteiger partial charge in [-0.25, -0.2) is 4.79 Å². The van der Waals surface area contributed by atoms with Crippen LogP contribution in [0, 0.1) is 6.92 Å². The van der Waals surface area contributed by atoms with Gasteiger partial charge >= 0.3 is 5.97 Å². The lowest BCUT2D eigenvalue weighted by Gasteiger charge is -2.04. The molecule has 13 heavy (non-hydrogen) atoms. The van der Waals surface area contributed by atoms with Crippen molar-refractivity contribution < 1.29 is 9.53 Å². The van der Waals surface area contributed by atoms with Gasteiger partial charge in [0.1, 0.15) is 6.10 Å². The Balaban J connectivity index is 2.13. The second-order valence-electron chi connectivity index (χ2n) is 3.42. The average Bonchev–Trinajstić information content (AvgIpc) is 2.89. The highest BCUT2D eigenvalue weighted by atomic mass is 16.5. The van der Waals surface area contributed by atoms with E-state index < -0.39 is 0 Å². The summed E-state index contributed by atoms with van der Waals surface area (Å²) in [5.74, 6) is -0.180. The van der Waals surface area contributed by atoms with Crippen molar-refractivity contribution in [1.29, 1.82) is 0 Å². The normalized spacial score (nSPS) is 15.5. The maximum Gasteiger partial charge on any atom is 0.338 e. The molecule has 0 atom stereocenters. The van der Waals surface area contributed by atoms with Crippen molar-refractivity contribution in [2.75, 3.05) is 0 Å². The molecule has 1 aromatic carbocycles. The van der Waals surface area contributed by atoms with E-state index in [0.717, 1.165) is 18.4 Å². The zero-order valence-corrected chi connectivity index (χ0v) is 7.62. The first-order valence-electron chi connectivity index (χ1n) is 4.54. The molecule has 0 radical (unpaired) electrons. The van der Waals surface area contributed by atoms with Crippen LogP contribution in [0.1, 0.15) is 28.8 Å². The monoisotopic (exact) mass is 176 g/mol. The van der Waals surface area contributed by atoms with Gasteiger partial charge in [-0.15, -0.1) is 0 Å². The number of carbonyl (C=O) groups is 1. The van der Waals surface area contributed by atoms with Crippen LogP contribution in [0.2, 0.25) is 0 Å². The molecule has 68 valence electrons. The van der Waals surface area contributed by atoms with E-state index in [0.29, 0.717) is 5.56 Å². The van der Waals surface area contributed by atoms with E-state index in [1.807, 2.05) is 25.1 Å². The highest BCUT2D eigenvalue weighted by Crippen LogP contribution is 2.25. The fourth-order valence-corrected chi connectivity index (χ4v) is 1.20. The molecule has 1 aromatic rings. The summed E-state index contributed by atoms with van der Waals surface area (Å²) in [4.78, 5) is 11.5. The highest BCUT2D eigenvalue weighted by Gasteiger charge is 2.26. The van der Waals surface area contributed by atoms with Crippen LogP contribution >= 0.6 is 0 Å². The minimum atomic E-state index is -0.180. The van der Waals surface area contributed by atoms with E-state index in [2.05, 4.69) is 0 Å². The number of rotatable bonds is 2. The smallest absolute Gasteiger partial charge is 0.338 e. The molecule has 0 amide bonds. The Labute approximate surface area is 77.5 Å². The summed E-state index contributed by atoms with van der Waals surface area (Å²) in [6, 6.07) is 7.50. The Morgan fingerprint density at radius 2 is 2.08 bits per heavy atom. The quantitative estimate of drug-likeness (QED) is 0.646. The van der Waals surface area contributed by atoms with Crippen molar-refractivity contribution in [3.05, 3.63) is 35.4 Å². The molecule has 1 aliphatic carbocycles. The van der Waals surface area contributed by atoms with E-state index in [-0.39, 0.29) is 12.1 Å². The van der Waals surface area contributed by atoms with Gasteiger partial charge in [0.05, 0.1) is 5.56 Å². The van der Waals surface area contributed by atoms with E-state index >= 15 is 0 Å². The number of esters is 1. The van der Waals surface area contributed by atoms with Crippen LogP contribution in [0.4, 0.5) is 0 Å². The topological polar surface area (TPSA) is 26.3 Å². The Bertz CT molecular complexity index is 327. The summed E-state index contributed by atoms with van der Waals surface area (Å²) in [6.07, 6.45) is 2.24. The van der Waals surface area contributed by atoms with Crippen LogP contribution in [0.15, 0.2) is 24.3 Å². The van der Waals surface area contributed by atoms with E-state index in [1.54, 1.807) is 6.07 Å². The fraction of sp³-hybridized carbons (Fsp3) is 0.364. The predicted octanol–water partition coefficient (Wildman–Crippen LogP) is 2.31. The van der Waals surface area contributed by atoms with Crippen LogP contribution < -0.4 is 0 Å². The third kappa shape index (κ3) is 1.89. The maximum atomic E-state index is 11.5. The summed E-state index contributed by atoms with van der Waals surface area (Å²) in [6.45, 7) is 1.92. The van der Waals surface area contributed by atoms with Crippen molar-refractivity contribution in [3.8, 4) is 0 Å². The number of aryl methyl sites for hydroxylation is 1. The molecule has 1 aliphatic rings. The zero-order valence-electron chi connectivity index (χ0n) is 7.62. The molecule has 0 heterocycles. The molecule has 1 saturated carbocycles. The lowest BCUT2D eigenvalue weighted by atomic mass is 10.1. The third-order valence-corrected chi connectivity index (χ3v) is 2.16. The molecular weight excluding hydrogens is 164 g/mol. The summed E-state index contributed by atoms with van der Waals surface area (Å²) in [7, 11) is 0. The first-order valence-corrected chi connectivity index (χ1v) is 4.54. The first kappa shape index (κ1) is 8.30. The van der Waals surface area contributed by atoms with Crippen molar-refractivity contribution in [2.24, 2.45) is 0 Å². The maximum absolute atomic E-state index is 11.5. The van der Waals surface area contributed by atoms with Crippen LogP contribution in [0.3, 0.4) is 0 Å². The lowest BCUT2D eigenvalue weighted by molar-refractivity contribution is 0.0471. The summed E-state index contributed by atoms with van der Waals surface area (Å²) in [5, 5.41) is 0. The number of carbonyl (C=O) groups excluding carboxylic acids is 1. The van der Waals surface area contributed by atoms with Gasteiger partial charge in [0.2, 0.25) is 0 Å². The average molecular weight is 176 g/mol. The van der Waals surface area contributed by atoms with E-state index in [1.165, 1.54) is 0 Å². The Morgan fingerprint density at radius 3 is 2.69 bits per heavy atom. The highest BCUT2D eigenvalue weighted by molar-refractivity contribution is 5.91. The second kappa shape index (κ2) is 3.21. The standard InChI is InChI=1S/C11H12O2/c1-8-4-2-3-5-10(8)11(12)13-9-6-7-9/h2-5,9H,6-7H2,1H3. The largest absolute Gasteiger partial charge is 0.459 e. The van der Waals surface area contributed by atoms with E-state index in [4.69, 9.17) is 4.74 Å². The number of hydrogen-bond acceptors (Lipinski definition) is 2. The molecule has 2 heteroatoms. The molecule has 0 spiro atoms. The SMILES string of the molecule is Cc1ccccc1C(=O)OC1CC1. The van der Waals surface area contributed by atoms with Crippen molar-refractivity contribution in [3.63, 3.8) is 0 Å². The Hall–Kier alpha value is -1.31. The van der Waals surface area contributed by atoms with Crippen LogP contribution in [-0.4, -0.2) is 12.1 Å². The second-order valence-corrected chi connectivity index (χ2v) is 3.42. The van der Waals surface area contributed by atoms with Gasteiger partial charge in [-0.3, -0.25) is 0 Å². The van der Waals surface area contributed by atoms with Crippen LogP contribution in [-0.2, 0) is 4.74 Å². The van der Waals surface area contributed by atoms with Gasteiger partial charge in [-0.05, 0) is 31.4 Å². The molecule has 2 nitrogen and oxygen atoms in total.